The summed E-state index contributed by atoms with van der Waals surface area (Å²) in [6.45, 7) is 0. The summed E-state index contributed by atoms with van der Waals surface area (Å²) < 4.78 is 33.8. The molecule has 2 aromatic rings. The Morgan fingerprint density at radius 1 is 1.20 bits per heavy atom. The summed E-state index contributed by atoms with van der Waals surface area (Å²) in [4.78, 5) is 28.5. The Hall–Kier alpha value is -2.62. The molecule has 3 rings (SSSR count). The van der Waals surface area contributed by atoms with Gasteiger partial charge in [-0.3, -0.25) is 0 Å². The van der Waals surface area contributed by atoms with Crippen LogP contribution in [0.3, 0.4) is 0 Å². The number of sulfone groups is 1. The average Bonchev–Trinajstić information content (AvgIpc) is 3.44. The molecule has 0 unspecified atom stereocenters. The van der Waals surface area contributed by atoms with Gasteiger partial charge in [-0.25, -0.2) is 33.1 Å². The van der Waals surface area contributed by atoms with Gasteiger partial charge in [-0.05, 0) is 12.8 Å². The Morgan fingerprint density at radius 3 is 2.48 bits per heavy atom. The zero-order valence-corrected chi connectivity index (χ0v) is 14.7. The van der Waals surface area contributed by atoms with Gasteiger partial charge in [0, 0.05) is 18.2 Å². The summed E-state index contributed by atoms with van der Waals surface area (Å²) in [6, 6.07) is 1.08. The molecular weight excluding hydrogens is 348 g/mol. The number of aromatic nitrogens is 4. The molecule has 9 nitrogen and oxygen atoms in total. The molecule has 1 aliphatic rings. The standard InChI is InChI=1S/C15H16N4O5S/c1-23-14-11(12(8-4-5-8)16-7-17-14)13-18-9(15(20)24-2)6-10(19-13)25(3,21)22/h6-8H,4-5H2,1-3H3. The van der Waals surface area contributed by atoms with Crippen LogP contribution in [0.4, 0.5) is 0 Å². The molecule has 1 aliphatic carbocycles. The van der Waals surface area contributed by atoms with E-state index >= 15 is 0 Å². The number of carbonyl (C=O) groups excluding carboxylic acids is 1. The van der Waals surface area contributed by atoms with Gasteiger partial charge >= 0.3 is 5.97 Å². The third kappa shape index (κ3) is 3.43. The van der Waals surface area contributed by atoms with Crippen LogP contribution >= 0.6 is 0 Å². The lowest BCUT2D eigenvalue weighted by Gasteiger charge is -2.12. The molecule has 0 spiro atoms. The highest BCUT2D eigenvalue weighted by Gasteiger charge is 2.32. The number of rotatable bonds is 5. The molecule has 2 aromatic heterocycles. The van der Waals surface area contributed by atoms with E-state index in [0.29, 0.717) is 11.3 Å². The Kier molecular flexibility index (Phi) is 4.38. The van der Waals surface area contributed by atoms with Gasteiger partial charge in [0.2, 0.25) is 5.88 Å². The van der Waals surface area contributed by atoms with Crippen LogP contribution in [0.2, 0.25) is 0 Å². The topological polar surface area (TPSA) is 121 Å². The second kappa shape index (κ2) is 6.36. The van der Waals surface area contributed by atoms with E-state index in [9.17, 15) is 13.2 Å². The quantitative estimate of drug-likeness (QED) is 0.565. The molecule has 1 fully saturated rings. The van der Waals surface area contributed by atoms with Crippen LogP contribution in [-0.2, 0) is 14.6 Å². The van der Waals surface area contributed by atoms with Crippen molar-refractivity contribution < 1.29 is 22.7 Å². The second-order valence-electron chi connectivity index (χ2n) is 5.60. The number of esters is 1. The summed E-state index contributed by atoms with van der Waals surface area (Å²) in [7, 11) is -1.05. The fourth-order valence-corrected chi connectivity index (χ4v) is 2.93. The first-order chi connectivity index (χ1) is 11.8. The molecule has 2 heterocycles. The summed E-state index contributed by atoms with van der Waals surface area (Å²) in [5.41, 5.74) is 0.900. The summed E-state index contributed by atoms with van der Waals surface area (Å²) in [6.07, 6.45) is 4.27. The lowest BCUT2D eigenvalue weighted by Crippen LogP contribution is -2.12. The van der Waals surface area contributed by atoms with Crippen molar-refractivity contribution in [3.8, 4) is 17.3 Å². The Balaban J connectivity index is 2.29. The predicted molar refractivity (Wildman–Crippen MR) is 86.0 cm³/mol. The number of nitrogens with zero attached hydrogens (tertiary/aromatic N) is 4. The lowest BCUT2D eigenvalue weighted by atomic mass is 10.1. The minimum absolute atomic E-state index is 0.0164. The van der Waals surface area contributed by atoms with Gasteiger partial charge in [0.25, 0.3) is 0 Å². The third-order valence-corrected chi connectivity index (χ3v) is 4.67. The lowest BCUT2D eigenvalue weighted by molar-refractivity contribution is 0.0593. The van der Waals surface area contributed by atoms with Crippen LogP contribution in [0, 0.1) is 0 Å². The van der Waals surface area contributed by atoms with Gasteiger partial charge < -0.3 is 9.47 Å². The van der Waals surface area contributed by atoms with E-state index in [1.807, 2.05) is 0 Å². The van der Waals surface area contributed by atoms with Crippen molar-refractivity contribution >= 4 is 15.8 Å². The molecule has 0 aromatic carbocycles. The molecule has 0 atom stereocenters. The van der Waals surface area contributed by atoms with Gasteiger partial charge in [-0.2, -0.15) is 0 Å². The molecule has 0 amide bonds. The van der Waals surface area contributed by atoms with Crippen LogP contribution < -0.4 is 4.74 Å². The maximum Gasteiger partial charge on any atom is 0.356 e. The van der Waals surface area contributed by atoms with Crippen LogP contribution in [0.15, 0.2) is 17.4 Å². The number of carbonyl (C=O) groups is 1. The first kappa shape index (κ1) is 17.2. The normalized spacial score (nSPS) is 14.2. The highest BCUT2D eigenvalue weighted by molar-refractivity contribution is 7.90. The largest absolute Gasteiger partial charge is 0.480 e. The molecule has 0 N–H and O–H groups in total. The average molecular weight is 364 g/mol. The van der Waals surface area contributed by atoms with E-state index in [2.05, 4.69) is 24.7 Å². The monoisotopic (exact) mass is 364 g/mol. The highest BCUT2D eigenvalue weighted by Crippen LogP contribution is 2.44. The second-order valence-corrected chi connectivity index (χ2v) is 7.56. The number of methoxy groups -OCH3 is 2. The van der Waals surface area contributed by atoms with Crippen LogP contribution in [0.25, 0.3) is 11.4 Å². The van der Waals surface area contributed by atoms with E-state index < -0.39 is 15.8 Å². The van der Waals surface area contributed by atoms with Crippen molar-refractivity contribution in [1.82, 2.24) is 19.9 Å². The Morgan fingerprint density at radius 2 is 1.92 bits per heavy atom. The van der Waals surface area contributed by atoms with Gasteiger partial charge in [0.15, 0.2) is 26.4 Å². The fraction of sp³-hybridized carbons (Fsp3) is 0.400. The van der Waals surface area contributed by atoms with E-state index in [1.54, 1.807) is 0 Å². The SMILES string of the molecule is COC(=O)c1cc(S(C)(=O)=O)nc(-c2c(OC)ncnc2C2CC2)n1. The van der Waals surface area contributed by atoms with Crippen LogP contribution in [0.5, 0.6) is 5.88 Å². The minimum atomic E-state index is -3.68. The number of hydrogen-bond donors (Lipinski definition) is 0. The van der Waals surface area contributed by atoms with Crippen molar-refractivity contribution in [3.63, 3.8) is 0 Å². The Bertz CT molecular complexity index is 941. The summed E-state index contributed by atoms with van der Waals surface area (Å²) in [5, 5.41) is -0.287. The van der Waals surface area contributed by atoms with E-state index in [1.165, 1.54) is 20.5 Å². The van der Waals surface area contributed by atoms with Gasteiger partial charge in [-0.15, -0.1) is 0 Å². The smallest absolute Gasteiger partial charge is 0.356 e. The van der Waals surface area contributed by atoms with E-state index in [4.69, 9.17) is 4.74 Å². The van der Waals surface area contributed by atoms with E-state index in [-0.39, 0.29) is 28.3 Å². The fourth-order valence-electron chi connectivity index (χ4n) is 2.35. The Labute approximate surface area is 144 Å². The molecular formula is C15H16N4O5S. The maximum absolute atomic E-state index is 12.0. The van der Waals surface area contributed by atoms with Crippen molar-refractivity contribution in [2.45, 2.75) is 23.8 Å². The summed E-state index contributed by atoms with van der Waals surface area (Å²) in [5.74, 6) is -0.322. The summed E-state index contributed by atoms with van der Waals surface area (Å²) >= 11 is 0. The minimum Gasteiger partial charge on any atom is -0.480 e. The maximum atomic E-state index is 12.0. The molecule has 0 radical (unpaired) electrons. The first-order valence-corrected chi connectivity index (χ1v) is 9.31. The van der Waals surface area contributed by atoms with Gasteiger partial charge in [-0.1, -0.05) is 0 Å². The van der Waals surface area contributed by atoms with Crippen LogP contribution in [-0.4, -0.2) is 54.8 Å². The van der Waals surface area contributed by atoms with Crippen molar-refractivity contribution in [3.05, 3.63) is 23.8 Å². The molecule has 0 saturated heterocycles. The van der Waals surface area contributed by atoms with Gasteiger partial charge in [0.1, 0.15) is 11.9 Å². The molecule has 0 aliphatic heterocycles. The van der Waals surface area contributed by atoms with Gasteiger partial charge in [0.05, 0.1) is 19.9 Å². The molecule has 132 valence electrons. The molecule has 10 heteroatoms. The van der Waals surface area contributed by atoms with Crippen LogP contribution in [0.1, 0.15) is 34.9 Å². The number of ether oxygens (including phenoxy) is 2. The third-order valence-electron chi connectivity index (χ3n) is 3.70. The van der Waals surface area contributed by atoms with Crippen molar-refractivity contribution in [2.24, 2.45) is 0 Å². The van der Waals surface area contributed by atoms with Crippen molar-refractivity contribution in [2.75, 3.05) is 20.5 Å². The van der Waals surface area contributed by atoms with Crippen molar-refractivity contribution in [1.29, 1.82) is 0 Å². The molecule has 0 bridgehead atoms. The zero-order valence-electron chi connectivity index (χ0n) is 13.9. The molecule has 1 saturated carbocycles. The number of hydrogen-bond acceptors (Lipinski definition) is 9. The highest BCUT2D eigenvalue weighted by atomic mass is 32.2. The predicted octanol–water partition coefficient (Wildman–Crippen LogP) is 1.01. The zero-order chi connectivity index (χ0) is 18.2. The molecule has 25 heavy (non-hydrogen) atoms. The first-order valence-electron chi connectivity index (χ1n) is 7.42. The van der Waals surface area contributed by atoms with E-state index in [0.717, 1.165) is 25.2 Å².